The molecular formula is C12H15N3O2S. The Labute approximate surface area is 108 Å². The molecule has 18 heavy (non-hydrogen) atoms. The Morgan fingerprint density at radius 1 is 1.56 bits per heavy atom. The van der Waals surface area contributed by atoms with Crippen molar-refractivity contribution < 1.29 is 5.11 Å². The van der Waals surface area contributed by atoms with E-state index in [0.717, 1.165) is 10.7 Å². The van der Waals surface area contributed by atoms with E-state index < -0.39 is 0 Å². The van der Waals surface area contributed by atoms with Crippen LogP contribution in [0.5, 0.6) is 0 Å². The van der Waals surface area contributed by atoms with E-state index in [1.807, 2.05) is 5.38 Å². The topological polar surface area (TPSA) is 57.8 Å². The molecule has 6 heteroatoms. The Balaban J connectivity index is 1.86. The van der Waals surface area contributed by atoms with Crippen LogP contribution < -0.4 is 5.56 Å². The first kappa shape index (κ1) is 11.8. The monoisotopic (exact) mass is 265 g/mol. The zero-order valence-electron chi connectivity index (χ0n) is 9.95. The number of rotatable bonds is 5. The number of nitrogens with zero attached hydrogens (tertiary/aromatic N) is 3. The third kappa shape index (κ3) is 2.31. The van der Waals surface area contributed by atoms with E-state index in [4.69, 9.17) is 5.11 Å². The van der Waals surface area contributed by atoms with Gasteiger partial charge in [0.15, 0.2) is 4.96 Å². The van der Waals surface area contributed by atoms with Crippen LogP contribution in [0.3, 0.4) is 0 Å². The Kier molecular flexibility index (Phi) is 3.15. The molecule has 5 nitrogen and oxygen atoms in total. The Morgan fingerprint density at radius 2 is 2.39 bits per heavy atom. The standard InChI is InChI=1S/C12H15N3O2S/c16-5-3-14(10-1-2-10)8-9-7-11(17)15-4-6-18-12(15)13-9/h4,6-7,10,16H,1-3,5,8H2. The first-order valence-corrected chi connectivity index (χ1v) is 6.96. The van der Waals surface area contributed by atoms with Gasteiger partial charge in [-0.25, -0.2) is 4.98 Å². The number of fused-ring (bicyclic) bond motifs is 1. The lowest BCUT2D eigenvalue weighted by Crippen LogP contribution is -2.29. The number of hydrogen-bond donors (Lipinski definition) is 1. The minimum absolute atomic E-state index is 0.0315. The van der Waals surface area contributed by atoms with E-state index in [0.29, 0.717) is 19.1 Å². The van der Waals surface area contributed by atoms with Gasteiger partial charge in [-0.1, -0.05) is 0 Å². The lowest BCUT2D eigenvalue weighted by Gasteiger charge is -2.19. The molecule has 0 radical (unpaired) electrons. The molecule has 2 aromatic rings. The predicted molar refractivity (Wildman–Crippen MR) is 69.9 cm³/mol. The highest BCUT2D eigenvalue weighted by atomic mass is 32.1. The minimum atomic E-state index is -0.0315. The van der Waals surface area contributed by atoms with Gasteiger partial charge in [-0.05, 0) is 12.8 Å². The number of aliphatic hydroxyl groups is 1. The van der Waals surface area contributed by atoms with Gasteiger partial charge in [-0.3, -0.25) is 14.1 Å². The number of aliphatic hydroxyl groups excluding tert-OH is 1. The van der Waals surface area contributed by atoms with Crippen LogP contribution in [-0.4, -0.2) is 38.6 Å². The predicted octanol–water partition coefficient (Wildman–Crippen LogP) is 0.713. The summed E-state index contributed by atoms with van der Waals surface area (Å²) >= 11 is 1.46. The van der Waals surface area contributed by atoms with Gasteiger partial charge in [0.25, 0.3) is 5.56 Å². The van der Waals surface area contributed by atoms with Crippen molar-refractivity contribution in [1.29, 1.82) is 0 Å². The largest absolute Gasteiger partial charge is 0.395 e. The Hall–Kier alpha value is -1.24. The van der Waals surface area contributed by atoms with Crippen molar-refractivity contribution >= 4 is 16.3 Å². The van der Waals surface area contributed by atoms with E-state index in [1.165, 1.54) is 24.2 Å². The zero-order chi connectivity index (χ0) is 12.5. The molecule has 3 rings (SSSR count). The van der Waals surface area contributed by atoms with Crippen molar-refractivity contribution in [2.24, 2.45) is 0 Å². The summed E-state index contributed by atoms with van der Waals surface area (Å²) in [5.41, 5.74) is 0.763. The fraction of sp³-hybridized carbons (Fsp3) is 0.500. The molecule has 1 N–H and O–H groups in total. The Morgan fingerprint density at radius 3 is 3.11 bits per heavy atom. The molecule has 1 saturated carbocycles. The molecule has 0 saturated heterocycles. The van der Waals surface area contributed by atoms with E-state index in [1.54, 1.807) is 16.7 Å². The maximum absolute atomic E-state index is 11.8. The quantitative estimate of drug-likeness (QED) is 0.865. The average molecular weight is 265 g/mol. The summed E-state index contributed by atoms with van der Waals surface area (Å²) in [6, 6.07) is 2.15. The molecule has 0 bridgehead atoms. The summed E-state index contributed by atoms with van der Waals surface area (Å²) in [7, 11) is 0. The molecule has 1 aliphatic rings. The molecule has 0 amide bonds. The van der Waals surface area contributed by atoms with Crippen LogP contribution in [0, 0.1) is 0 Å². The molecule has 1 fully saturated rings. The van der Waals surface area contributed by atoms with Crippen molar-refractivity contribution in [3.63, 3.8) is 0 Å². The van der Waals surface area contributed by atoms with Crippen molar-refractivity contribution in [3.05, 3.63) is 33.7 Å². The summed E-state index contributed by atoms with van der Waals surface area (Å²) in [5.74, 6) is 0. The fourth-order valence-electron chi connectivity index (χ4n) is 2.14. The van der Waals surface area contributed by atoms with Crippen molar-refractivity contribution in [1.82, 2.24) is 14.3 Å². The van der Waals surface area contributed by atoms with Crippen molar-refractivity contribution in [2.75, 3.05) is 13.2 Å². The second-order valence-electron chi connectivity index (χ2n) is 4.57. The van der Waals surface area contributed by atoms with Gasteiger partial charge < -0.3 is 5.11 Å². The first-order valence-electron chi connectivity index (χ1n) is 6.08. The molecule has 96 valence electrons. The highest BCUT2D eigenvalue weighted by molar-refractivity contribution is 7.15. The summed E-state index contributed by atoms with van der Waals surface area (Å²) < 4.78 is 1.56. The van der Waals surface area contributed by atoms with Crippen molar-refractivity contribution in [3.8, 4) is 0 Å². The van der Waals surface area contributed by atoms with Crippen LogP contribution in [0.25, 0.3) is 4.96 Å². The number of thiazole rings is 1. The fourth-order valence-corrected chi connectivity index (χ4v) is 2.87. The molecule has 1 aliphatic carbocycles. The Bertz CT molecular complexity index is 603. The van der Waals surface area contributed by atoms with Gasteiger partial charge >= 0.3 is 0 Å². The highest BCUT2D eigenvalue weighted by Crippen LogP contribution is 2.27. The normalized spacial score (nSPS) is 15.7. The summed E-state index contributed by atoms with van der Waals surface area (Å²) in [6.45, 7) is 1.45. The molecule has 2 aromatic heterocycles. The SMILES string of the molecule is O=c1cc(CN(CCO)C2CC2)nc2sccn12. The first-order chi connectivity index (χ1) is 8.78. The van der Waals surface area contributed by atoms with Crippen LogP contribution in [0.4, 0.5) is 0 Å². The lowest BCUT2D eigenvalue weighted by molar-refractivity contribution is 0.182. The molecular weight excluding hydrogens is 250 g/mol. The summed E-state index contributed by atoms with van der Waals surface area (Å²) in [4.78, 5) is 19.3. The second kappa shape index (κ2) is 4.79. The molecule has 0 unspecified atom stereocenters. The van der Waals surface area contributed by atoms with Crippen LogP contribution in [-0.2, 0) is 6.54 Å². The average Bonchev–Trinajstić information content (AvgIpc) is 3.08. The second-order valence-corrected chi connectivity index (χ2v) is 5.44. The van der Waals surface area contributed by atoms with E-state index in [2.05, 4.69) is 9.88 Å². The van der Waals surface area contributed by atoms with E-state index in [-0.39, 0.29) is 12.2 Å². The van der Waals surface area contributed by atoms with Gasteiger partial charge in [-0.2, -0.15) is 0 Å². The lowest BCUT2D eigenvalue weighted by atomic mass is 10.3. The maximum atomic E-state index is 11.8. The molecule has 2 heterocycles. The van der Waals surface area contributed by atoms with Crippen LogP contribution in [0.1, 0.15) is 18.5 Å². The van der Waals surface area contributed by atoms with Crippen molar-refractivity contribution in [2.45, 2.75) is 25.4 Å². The zero-order valence-corrected chi connectivity index (χ0v) is 10.8. The van der Waals surface area contributed by atoms with Crippen LogP contribution in [0.2, 0.25) is 0 Å². The van der Waals surface area contributed by atoms with Gasteiger partial charge in [0.1, 0.15) is 0 Å². The third-order valence-corrected chi connectivity index (χ3v) is 3.93. The molecule has 0 atom stereocenters. The minimum Gasteiger partial charge on any atom is -0.395 e. The van der Waals surface area contributed by atoms with Gasteiger partial charge in [0.2, 0.25) is 0 Å². The van der Waals surface area contributed by atoms with Gasteiger partial charge in [0, 0.05) is 36.8 Å². The summed E-state index contributed by atoms with van der Waals surface area (Å²) in [6.07, 6.45) is 4.10. The van der Waals surface area contributed by atoms with Crippen LogP contribution >= 0.6 is 11.3 Å². The van der Waals surface area contributed by atoms with E-state index in [9.17, 15) is 4.79 Å². The number of hydrogen-bond acceptors (Lipinski definition) is 5. The van der Waals surface area contributed by atoms with Gasteiger partial charge in [-0.15, -0.1) is 11.3 Å². The van der Waals surface area contributed by atoms with Crippen LogP contribution in [0.15, 0.2) is 22.4 Å². The van der Waals surface area contributed by atoms with E-state index >= 15 is 0 Å². The third-order valence-electron chi connectivity index (χ3n) is 3.17. The number of aromatic nitrogens is 2. The van der Waals surface area contributed by atoms with Gasteiger partial charge in [0.05, 0.1) is 12.3 Å². The summed E-state index contributed by atoms with van der Waals surface area (Å²) in [5, 5.41) is 10.9. The molecule has 0 spiro atoms. The molecule has 0 aliphatic heterocycles. The highest BCUT2D eigenvalue weighted by Gasteiger charge is 2.28. The smallest absolute Gasteiger partial charge is 0.258 e. The maximum Gasteiger partial charge on any atom is 0.258 e. The molecule has 0 aromatic carbocycles.